The van der Waals surface area contributed by atoms with Crippen LogP contribution in [0.25, 0.3) is 0 Å². The number of nitrogens with one attached hydrogen (secondary N) is 3. The number of hydrogen-bond donors (Lipinski definition) is 4. The Morgan fingerprint density at radius 3 is 3.17 bits per heavy atom. The monoisotopic (exact) mass is 167 g/mol. The van der Waals surface area contributed by atoms with Gasteiger partial charge in [-0.05, 0) is 0 Å². The molecule has 2 rings (SSSR count). The first-order valence-electron chi connectivity index (χ1n) is 3.58. The summed E-state index contributed by atoms with van der Waals surface area (Å²) in [5.74, 6) is 0.401. The van der Waals surface area contributed by atoms with E-state index in [1.54, 1.807) is 12.4 Å². The first-order valence-corrected chi connectivity index (χ1v) is 3.58. The number of nitrogens with two attached hydrogens (primary N) is 1. The van der Waals surface area contributed by atoms with Gasteiger partial charge in [0.15, 0.2) is 12.3 Å². The Bertz CT molecular complexity index is 271. The number of rotatable bonds is 0. The Kier molecular flexibility index (Phi) is 1.47. The summed E-state index contributed by atoms with van der Waals surface area (Å²) in [4.78, 5) is 15.2. The number of carbonyl (C=O) groups excluding carboxylic acids is 1. The van der Waals surface area contributed by atoms with Gasteiger partial charge in [0.25, 0.3) is 5.91 Å². The van der Waals surface area contributed by atoms with Crippen molar-refractivity contribution in [2.24, 2.45) is 10.7 Å². The van der Waals surface area contributed by atoms with E-state index < -0.39 is 12.3 Å². The van der Waals surface area contributed by atoms with Crippen LogP contribution in [0.1, 0.15) is 0 Å². The molecule has 0 aromatic rings. The lowest BCUT2D eigenvalue weighted by atomic mass is 10.2. The standard InChI is InChI=1S/C6H9N5O/c7-6-10-4-3(5(12)11-6)8-1-2-9-4/h1-3,6,8H,7H2,(H,9,10)(H,11,12). The molecular formula is C6H9N5O. The molecule has 0 saturated carbocycles. The Hall–Kier alpha value is -1.56. The summed E-state index contributed by atoms with van der Waals surface area (Å²) in [5, 5.41) is 8.19. The number of fused-ring (bicyclic) bond motifs is 1. The first kappa shape index (κ1) is 7.11. The van der Waals surface area contributed by atoms with E-state index in [0.717, 1.165) is 0 Å². The van der Waals surface area contributed by atoms with E-state index in [1.165, 1.54) is 0 Å². The normalized spacial score (nSPS) is 32.4. The Morgan fingerprint density at radius 1 is 1.50 bits per heavy atom. The molecule has 2 heterocycles. The van der Waals surface area contributed by atoms with Gasteiger partial charge >= 0.3 is 0 Å². The number of nitrogens with zero attached hydrogens (tertiary/aromatic N) is 1. The topological polar surface area (TPSA) is 91.5 Å². The highest BCUT2D eigenvalue weighted by molar-refractivity contribution is 6.09. The lowest BCUT2D eigenvalue weighted by Crippen LogP contribution is -2.61. The molecule has 1 amide bonds. The van der Waals surface area contributed by atoms with Crippen molar-refractivity contribution in [1.82, 2.24) is 16.0 Å². The predicted molar refractivity (Wildman–Crippen MR) is 42.8 cm³/mol. The van der Waals surface area contributed by atoms with E-state index in [2.05, 4.69) is 20.9 Å². The van der Waals surface area contributed by atoms with Gasteiger partial charge in [0.05, 0.1) is 0 Å². The fourth-order valence-corrected chi connectivity index (χ4v) is 1.16. The number of hydrogen-bond acceptors (Lipinski definition) is 5. The van der Waals surface area contributed by atoms with E-state index in [4.69, 9.17) is 5.73 Å². The molecule has 2 aliphatic heterocycles. The first-order chi connectivity index (χ1) is 5.77. The second-order valence-electron chi connectivity index (χ2n) is 2.55. The highest BCUT2D eigenvalue weighted by Crippen LogP contribution is 1.99. The summed E-state index contributed by atoms with van der Waals surface area (Å²) in [5.41, 5.74) is 5.42. The molecule has 6 nitrogen and oxygen atoms in total. The van der Waals surface area contributed by atoms with Crippen LogP contribution in [0.3, 0.4) is 0 Å². The van der Waals surface area contributed by atoms with Crippen LogP contribution in [0.2, 0.25) is 0 Å². The largest absolute Gasteiger partial charge is 0.372 e. The minimum absolute atomic E-state index is 0.163. The van der Waals surface area contributed by atoms with Crippen molar-refractivity contribution in [3.05, 3.63) is 12.4 Å². The van der Waals surface area contributed by atoms with Gasteiger partial charge in [0.2, 0.25) is 0 Å². The Balaban J connectivity index is 2.29. The molecule has 2 atom stereocenters. The lowest BCUT2D eigenvalue weighted by Gasteiger charge is -2.28. The highest BCUT2D eigenvalue weighted by atomic mass is 16.2. The molecule has 12 heavy (non-hydrogen) atoms. The van der Waals surface area contributed by atoms with Crippen molar-refractivity contribution >= 4 is 11.7 Å². The molecule has 0 fully saturated rings. The summed E-state index contributed by atoms with van der Waals surface area (Å²) in [6, 6.07) is -0.421. The van der Waals surface area contributed by atoms with Gasteiger partial charge < -0.3 is 16.0 Å². The molecule has 0 aromatic carbocycles. The fourth-order valence-electron chi connectivity index (χ4n) is 1.16. The molecule has 64 valence electrons. The second kappa shape index (κ2) is 2.49. The molecule has 2 unspecified atom stereocenters. The average Bonchev–Trinajstić information content (AvgIpc) is 2.04. The van der Waals surface area contributed by atoms with Crippen molar-refractivity contribution in [3.63, 3.8) is 0 Å². The van der Waals surface area contributed by atoms with Gasteiger partial charge in [-0.1, -0.05) is 0 Å². The zero-order valence-electron chi connectivity index (χ0n) is 6.24. The van der Waals surface area contributed by atoms with Crippen LogP contribution in [0, 0.1) is 0 Å². The molecule has 0 spiro atoms. The number of aliphatic imine (C=N–C) groups is 1. The fraction of sp³-hybridized carbons (Fsp3) is 0.333. The highest BCUT2D eigenvalue weighted by Gasteiger charge is 2.30. The minimum atomic E-state index is -0.635. The van der Waals surface area contributed by atoms with E-state index in [1.807, 2.05) is 0 Å². The summed E-state index contributed by atoms with van der Waals surface area (Å²) in [7, 11) is 0. The van der Waals surface area contributed by atoms with E-state index in [0.29, 0.717) is 5.84 Å². The quantitative estimate of drug-likeness (QED) is 0.329. The van der Waals surface area contributed by atoms with E-state index in [9.17, 15) is 4.79 Å². The van der Waals surface area contributed by atoms with Gasteiger partial charge in [-0.3, -0.25) is 10.5 Å². The second-order valence-corrected chi connectivity index (χ2v) is 2.55. The van der Waals surface area contributed by atoms with Crippen molar-refractivity contribution in [1.29, 1.82) is 0 Å². The molecule has 0 aliphatic carbocycles. The molecule has 0 radical (unpaired) electrons. The van der Waals surface area contributed by atoms with E-state index in [-0.39, 0.29) is 5.91 Å². The minimum Gasteiger partial charge on any atom is -0.372 e. The van der Waals surface area contributed by atoms with Crippen LogP contribution < -0.4 is 21.7 Å². The Labute approximate surface area is 68.9 Å². The number of amides is 1. The summed E-state index contributed by atoms with van der Waals surface area (Å²) >= 11 is 0. The summed E-state index contributed by atoms with van der Waals surface area (Å²) in [6.45, 7) is 0. The smallest absolute Gasteiger partial charge is 0.253 e. The lowest BCUT2D eigenvalue weighted by molar-refractivity contribution is -0.122. The Morgan fingerprint density at radius 2 is 2.33 bits per heavy atom. The molecule has 0 saturated heterocycles. The molecule has 0 aromatic heterocycles. The van der Waals surface area contributed by atoms with E-state index >= 15 is 0 Å². The van der Waals surface area contributed by atoms with Gasteiger partial charge in [-0.25, -0.2) is 4.99 Å². The molecule has 2 aliphatic rings. The third-order valence-corrected chi connectivity index (χ3v) is 1.68. The maximum Gasteiger partial charge on any atom is 0.253 e. The van der Waals surface area contributed by atoms with Crippen molar-refractivity contribution < 1.29 is 4.79 Å². The van der Waals surface area contributed by atoms with Crippen LogP contribution in [-0.4, -0.2) is 24.1 Å². The zero-order chi connectivity index (χ0) is 8.55. The third-order valence-electron chi connectivity index (χ3n) is 1.68. The van der Waals surface area contributed by atoms with Gasteiger partial charge in [-0.2, -0.15) is 0 Å². The molecular weight excluding hydrogens is 158 g/mol. The summed E-state index contributed by atoms with van der Waals surface area (Å²) in [6.07, 6.45) is 2.69. The number of carbonyl (C=O) groups is 1. The van der Waals surface area contributed by atoms with Crippen LogP contribution in [0.15, 0.2) is 17.4 Å². The van der Waals surface area contributed by atoms with Crippen molar-refractivity contribution in [3.8, 4) is 0 Å². The van der Waals surface area contributed by atoms with Crippen molar-refractivity contribution in [2.75, 3.05) is 0 Å². The zero-order valence-corrected chi connectivity index (χ0v) is 6.24. The van der Waals surface area contributed by atoms with Crippen molar-refractivity contribution in [2.45, 2.75) is 12.3 Å². The summed E-state index contributed by atoms with van der Waals surface area (Å²) < 4.78 is 0. The molecule has 0 bridgehead atoms. The van der Waals surface area contributed by atoms with Gasteiger partial charge in [-0.15, -0.1) is 0 Å². The third kappa shape index (κ3) is 1.02. The SMILES string of the molecule is NC1N=C2NC=CNC2C(=O)N1. The van der Waals surface area contributed by atoms with Gasteiger partial charge in [0.1, 0.15) is 5.84 Å². The molecule has 6 heteroatoms. The van der Waals surface area contributed by atoms with Gasteiger partial charge in [0, 0.05) is 12.4 Å². The maximum absolute atomic E-state index is 11.2. The van der Waals surface area contributed by atoms with Crippen LogP contribution in [0.5, 0.6) is 0 Å². The number of amidine groups is 1. The average molecular weight is 167 g/mol. The molecule has 5 N–H and O–H groups in total. The van der Waals surface area contributed by atoms with Crippen LogP contribution in [-0.2, 0) is 4.79 Å². The predicted octanol–water partition coefficient (Wildman–Crippen LogP) is -2.21. The van der Waals surface area contributed by atoms with Crippen LogP contribution in [0.4, 0.5) is 0 Å². The maximum atomic E-state index is 11.2. The van der Waals surface area contributed by atoms with Crippen LogP contribution >= 0.6 is 0 Å².